The Balaban J connectivity index is 2.40. The van der Waals surface area contributed by atoms with Gasteiger partial charge in [0.25, 0.3) is 0 Å². The minimum Gasteiger partial charge on any atom is -0.339 e. The first-order valence-corrected chi connectivity index (χ1v) is 5.95. The second-order valence-corrected chi connectivity index (χ2v) is 4.53. The van der Waals surface area contributed by atoms with Gasteiger partial charge >= 0.3 is 0 Å². The average Bonchev–Trinajstić information content (AvgIpc) is 2.33. The van der Waals surface area contributed by atoms with E-state index >= 15 is 0 Å². The Hall–Kier alpha value is -1.76. The van der Waals surface area contributed by atoms with Crippen LogP contribution in [0.15, 0.2) is 30.3 Å². The fraction of sp³-hybridized carbons (Fsp3) is 0.0769. The molecule has 1 heterocycles. The summed E-state index contributed by atoms with van der Waals surface area (Å²) in [5, 5.41) is 12.8. The van der Waals surface area contributed by atoms with E-state index in [0.29, 0.717) is 16.4 Å². The summed E-state index contributed by atoms with van der Waals surface area (Å²) in [4.78, 5) is 4.10. The van der Waals surface area contributed by atoms with Gasteiger partial charge in [-0.25, -0.2) is 4.98 Å². The first-order valence-electron chi connectivity index (χ1n) is 5.20. The Kier molecular flexibility index (Phi) is 3.71. The lowest BCUT2D eigenvalue weighted by Gasteiger charge is -2.11. The normalized spacial score (nSPS) is 9.89. The fourth-order valence-electron chi connectivity index (χ4n) is 1.54. The predicted molar refractivity (Wildman–Crippen MR) is 73.4 cm³/mol. The number of hydrogen-bond acceptors (Lipinski definition) is 3. The third kappa shape index (κ3) is 2.73. The van der Waals surface area contributed by atoms with Gasteiger partial charge in [-0.3, -0.25) is 0 Å². The number of pyridine rings is 1. The quantitative estimate of drug-likeness (QED) is 0.832. The Morgan fingerprint density at radius 1 is 1.28 bits per heavy atom. The zero-order valence-corrected chi connectivity index (χ0v) is 11.0. The minimum absolute atomic E-state index is 0.265. The van der Waals surface area contributed by atoms with Crippen LogP contribution in [-0.4, -0.2) is 4.98 Å². The van der Waals surface area contributed by atoms with E-state index in [1.807, 2.05) is 25.1 Å². The smallest absolute Gasteiger partial charge is 0.133 e. The summed E-state index contributed by atoms with van der Waals surface area (Å²) in [5.41, 5.74) is 2.20. The minimum atomic E-state index is 0.265. The Morgan fingerprint density at radius 3 is 2.72 bits per heavy atom. The molecule has 0 aliphatic carbocycles. The Labute approximate surface area is 115 Å². The van der Waals surface area contributed by atoms with Crippen LogP contribution in [0.1, 0.15) is 11.1 Å². The summed E-state index contributed by atoms with van der Waals surface area (Å²) >= 11 is 11.9. The molecule has 2 rings (SSSR count). The molecule has 0 bridgehead atoms. The molecule has 90 valence electrons. The predicted octanol–water partition coefficient (Wildman–Crippen LogP) is 4.31. The molecular weight excluding hydrogens is 269 g/mol. The van der Waals surface area contributed by atoms with Crippen LogP contribution in [0, 0.1) is 18.3 Å². The Bertz CT molecular complexity index is 612. The molecule has 5 heteroatoms. The van der Waals surface area contributed by atoms with Crippen LogP contribution in [0.25, 0.3) is 0 Å². The highest BCUT2D eigenvalue weighted by Gasteiger charge is 2.06. The van der Waals surface area contributed by atoms with Gasteiger partial charge in [0.1, 0.15) is 11.0 Å². The van der Waals surface area contributed by atoms with Crippen molar-refractivity contribution in [2.24, 2.45) is 0 Å². The van der Waals surface area contributed by atoms with Gasteiger partial charge in [-0.1, -0.05) is 35.3 Å². The van der Waals surface area contributed by atoms with Crippen molar-refractivity contribution in [1.82, 2.24) is 4.98 Å². The molecule has 0 unspecified atom stereocenters. The number of nitriles is 1. The van der Waals surface area contributed by atoms with Crippen molar-refractivity contribution in [3.05, 3.63) is 51.6 Å². The summed E-state index contributed by atoms with van der Waals surface area (Å²) in [7, 11) is 0. The maximum atomic E-state index is 8.87. The molecule has 3 nitrogen and oxygen atoms in total. The summed E-state index contributed by atoms with van der Waals surface area (Å²) < 4.78 is 0. The largest absolute Gasteiger partial charge is 0.339 e. The second kappa shape index (κ2) is 5.26. The van der Waals surface area contributed by atoms with Crippen molar-refractivity contribution in [2.45, 2.75) is 6.92 Å². The number of nitrogens with zero attached hydrogens (tertiary/aromatic N) is 2. The average molecular weight is 278 g/mol. The molecule has 0 fully saturated rings. The zero-order valence-electron chi connectivity index (χ0n) is 9.54. The van der Waals surface area contributed by atoms with Crippen LogP contribution in [-0.2, 0) is 0 Å². The van der Waals surface area contributed by atoms with Gasteiger partial charge < -0.3 is 5.32 Å². The summed E-state index contributed by atoms with van der Waals surface area (Å²) in [6.07, 6.45) is 0. The molecule has 1 N–H and O–H groups in total. The summed E-state index contributed by atoms with van der Waals surface area (Å²) in [6.45, 7) is 1.93. The molecule has 1 aromatic heterocycles. The number of benzene rings is 1. The van der Waals surface area contributed by atoms with Gasteiger partial charge in [-0.15, -0.1) is 0 Å². The Morgan fingerprint density at radius 2 is 2.06 bits per heavy atom. The van der Waals surface area contributed by atoms with Crippen molar-refractivity contribution >= 4 is 34.7 Å². The molecule has 0 radical (unpaired) electrons. The first kappa shape index (κ1) is 12.7. The zero-order chi connectivity index (χ0) is 13.1. The third-order valence-electron chi connectivity index (χ3n) is 2.40. The maximum Gasteiger partial charge on any atom is 0.133 e. The van der Waals surface area contributed by atoms with E-state index in [9.17, 15) is 0 Å². The van der Waals surface area contributed by atoms with E-state index < -0.39 is 0 Å². The van der Waals surface area contributed by atoms with Crippen LogP contribution in [0.3, 0.4) is 0 Å². The molecule has 0 amide bonds. The number of aryl methyl sites for hydroxylation is 1. The molecule has 0 atom stereocenters. The van der Waals surface area contributed by atoms with E-state index in [1.54, 1.807) is 12.1 Å². The standard InChI is InChI=1S/C13H9Cl2N3/c1-8-3-2-4-10(14)13(8)18-12-6-9(7-16)5-11(15)17-12/h2-6H,1H3,(H,17,18). The van der Waals surface area contributed by atoms with Gasteiger partial charge in [0.2, 0.25) is 0 Å². The molecule has 0 saturated carbocycles. The maximum absolute atomic E-state index is 8.87. The molecular formula is C13H9Cl2N3. The number of hydrogen-bond donors (Lipinski definition) is 1. The number of nitrogens with one attached hydrogen (secondary N) is 1. The molecule has 0 saturated heterocycles. The van der Waals surface area contributed by atoms with Crippen LogP contribution in [0.5, 0.6) is 0 Å². The molecule has 2 aromatic rings. The lowest BCUT2D eigenvalue weighted by atomic mass is 10.2. The molecule has 0 spiro atoms. The van der Waals surface area contributed by atoms with Gasteiger partial charge in [0.15, 0.2) is 0 Å². The van der Waals surface area contributed by atoms with Gasteiger partial charge in [0, 0.05) is 0 Å². The van der Waals surface area contributed by atoms with Crippen LogP contribution in [0.4, 0.5) is 11.5 Å². The van der Waals surface area contributed by atoms with E-state index in [4.69, 9.17) is 28.5 Å². The highest BCUT2D eigenvalue weighted by atomic mass is 35.5. The van der Waals surface area contributed by atoms with Crippen molar-refractivity contribution in [2.75, 3.05) is 5.32 Å². The van der Waals surface area contributed by atoms with Crippen molar-refractivity contribution in [1.29, 1.82) is 5.26 Å². The summed E-state index contributed by atoms with van der Waals surface area (Å²) in [5.74, 6) is 0.496. The van der Waals surface area contributed by atoms with E-state index in [0.717, 1.165) is 11.3 Å². The fourth-order valence-corrected chi connectivity index (χ4v) is 2.02. The van der Waals surface area contributed by atoms with Gasteiger partial charge in [-0.05, 0) is 30.7 Å². The topological polar surface area (TPSA) is 48.7 Å². The SMILES string of the molecule is Cc1cccc(Cl)c1Nc1cc(C#N)cc(Cl)n1. The number of halogens is 2. The molecule has 1 aromatic carbocycles. The van der Waals surface area contributed by atoms with E-state index in [2.05, 4.69) is 10.3 Å². The highest BCUT2D eigenvalue weighted by molar-refractivity contribution is 6.33. The highest BCUT2D eigenvalue weighted by Crippen LogP contribution is 2.28. The van der Waals surface area contributed by atoms with Crippen molar-refractivity contribution in [3.63, 3.8) is 0 Å². The number of rotatable bonds is 2. The van der Waals surface area contributed by atoms with E-state index in [1.165, 1.54) is 6.07 Å². The molecule has 0 aliphatic rings. The van der Waals surface area contributed by atoms with E-state index in [-0.39, 0.29) is 5.15 Å². The monoisotopic (exact) mass is 277 g/mol. The third-order valence-corrected chi connectivity index (χ3v) is 2.91. The second-order valence-electron chi connectivity index (χ2n) is 3.73. The van der Waals surface area contributed by atoms with Crippen LogP contribution in [0.2, 0.25) is 10.2 Å². The number of anilines is 2. The number of aromatic nitrogens is 1. The number of para-hydroxylation sites is 1. The van der Waals surface area contributed by atoms with Crippen LogP contribution < -0.4 is 5.32 Å². The molecule has 18 heavy (non-hydrogen) atoms. The molecule has 0 aliphatic heterocycles. The summed E-state index contributed by atoms with van der Waals surface area (Å²) in [6, 6.07) is 10.7. The van der Waals surface area contributed by atoms with Crippen LogP contribution >= 0.6 is 23.2 Å². The lowest BCUT2D eigenvalue weighted by Crippen LogP contribution is -1.97. The van der Waals surface area contributed by atoms with Crippen molar-refractivity contribution < 1.29 is 0 Å². The first-order chi connectivity index (χ1) is 8.60. The van der Waals surface area contributed by atoms with Crippen molar-refractivity contribution in [3.8, 4) is 6.07 Å². The van der Waals surface area contributed by atoms with Gasteiger partial charge in [-0.2, -0.15) is 5.26 Å². The van der Waals surface area contributed by atoms with Gasteiger partial charge in [0.05, 0.1) is 22.3 Å². The lowest BCUT2D eigenvalue weighted by molar-refractivity contribution is 1.28.